The number of carbonyl (C=O) groups is 1. The normalized spacial score (nSPS) is 17.4. The quantitative estimate of drug-likeness (QED) is 0.558. The van der Waals surface area contributed by atoms with E-state index in [0.29, 0.717) is 18.8 Å². The number of nitrogens with zero attached hydrogens (tertiary/aromatic N) is 3. The Morgan fingerprint density at radius 2 is 1.69 bits per heavy atom. The highest BCUT2D eigenvalue weighted by Gasteiger charge is 2.29. The molecule has 1 N–H and O–H groups in total. The number of ether oxygens (including phenoxy) is 1. The Hall–Kier alpha value is -2.91. The monoisotopic (exact) mass is 496 g/mol. The Labute approximate surface area is 206 Å². The maximum absolute atomic E-state index is 13.4. The van der Waals surface area contributed by atoms with Gasteiger partial charge in [0.05, 0.1) is 18.1 Å². The Balaban J connectivity index is 1.41. The lowest BCUT2D eigenvalue weighted by Gasteiger charge is -2.21. The van der Waals surface area contributed by atoms with Crippen LogP contribution in [0.3, 0.4) is 0 Å². The van der Waals surface area contributed by atoms with Crippen molar-refractivity contribution in [3.05, 3.63) is 47.8 Å². The third kappa shape index (κ3) is 4.79. The van der Waals surface area contributed by atoms with Crippen LogP contribution in [-0.4, -0.2) is 48.4 Å². The first kappa shape index (κ1) is 23.8. The van der Waals surface area contributed by atoms with Gasteiger partial charge in [-0.3, -0.25) is 4.79 Å². The van der Waals surface area contributed by atoms with Gasteiger partial charge in [0.25, 0.3) is 5.91 Å². The van der Waals surface area contributed by atoms with Gasteiger partial charge in [0, 0.05) is 37.3 Å². The van der Waals surface area contributed by atoms with Crippen LogP contribution in [0.1, 0.15) is 61.1 Å². The number of hydrogen-bond acceptors (Lipinski definition) is 5. The maximum Gasteiger partial charge on any atom is 0.255 e. The molecule has 9 heteroatoms. The molecule has 0 unspecified atom stereocenters. The fourth-order valence-electron chi connectivity index (χ4n) is 5.07. The summed E-state index contributed by atoms with van der Waals surface area (Å²) in [6.07, 6.45) is 8.20. The van der Waals surface area contributed by atoms with Gasteiger partial charge < -0.3 is 14.6 Å². The molecular weight excluding hydrogens is 464 g/mol. The summed E-state index contributed by atoms with van der Waals surface area (Å²) in [5.74, 6) is 0.964. The second-order valence-electron chi connectivity index (χ2n) is 9.33. The number of sulfonamides is 1. The molecule has 0 spiro atoms. The summed E-state index contributed by atoms with van der Waals surface area (Å²) in [5.41, 5.74) is 2.83. The number of nitrogens with one attached hydrogen (secondary N) is 1. The molecule has 1 fully saturated rings. The van der Waals surface area contributed by atoms with Gasteiger partial charge in [-0.1, -0.05) is 19.3 Å². The molecule has 35 heavy (non-hydrogen) atoms. The van der Waals surface area contributed by atoms with Crippen molar-refractivity contribution in [3.63, 3.8) is 0 Å². The molecule has 0 atom stereocenters. The Kier molecular flexibility index (Phi) is 6.80. The lowest BCUT2D eigenvalue weighted by atomic mass is 10.2. The van der Waals surface area contributed by atoms with Gasteiger partial charge in [-0.25, -0.2) is 13.4 Å². The number of aromatic nitrogens is 2. The van der Waals surface area contributed by atoms with Gasteiger partial charge >= 0.3 is 0 Å². The first-order chi connectivity index (χ1) is 17.0. The molecule has 2 aromatic carbocycles. The highest BCUT2D eigenvalue weighted by molar-refractivity contribution is 7.89. The topological polar surface area (TPSA) is 93.5 Å². The van der Waals surface area contributed by atoms with E-state index in [-0.39, 0.29) is 22.1 Å². The van der Waals surface area contributed by atoms with Gasteiger partial charge in [0.2, 0.25) is 10.0 Å². The second kappa shape index (κ2) is 9.99. The van der Waals surface area contributed by atoms with Crippen LogP contribution in [0.4, 0.5) is 5.69 Å². The largest absolute Gasteiger partial charge is 0.495 e. The fourth-order valence-corrected chi connectivity index (χ4v) is 6.77. The van der Waals surface area contributed by atoms with E-state index in [1.165, 1.54) is 23.9 Å². The molecule has 1 aromatic heterocycles. The summed E-state index contributed by atoms with van der Waals surface area (Å²) in [4.78, 5) is 17.9. The van der Waals surface area contributed by atoms with Crippen molar-refractivity contribution >= 4 is 32.7 Å². The predicted octanol–water partition coefficient (Wildman–Crippen LogP) is 4.59. The van der Waals surface area contributed by atoms with Crippen molar-refractivity contribution in [2.24, 2.45) is 0 Å². The van der Waals surface area contributed by atoms with Crippen molar-refractivity contribution in [1.29, 1.82) is 0 Å². The SMILES string of the molecule is COc1ccc(C(=O)Nc2ccc3c(c2)nc2n3CCCCC2)cc1S(=O)(=O)N1CCCCCC1. The number of amides is 1. The highest BCUT2D eigenvalue weighted by Crippen LogP contribution is 2.30. The molecule has 8 nitrogen and oxygen atoms in total. The fraction of sp³-hybridized carbons (Fsp3) is 0.462. The zero-order valence-corrected chi connectivity index (χ0v) is 20.9. The van der Waals surface area contributed by atoms with Crippen LogP contribution in [0, 0.1) is 0 Å². The molecule has 3 aromatic rings. The summed E-state index contributed by atoms with van der Waals surface area (Å²) < 4.78 is 36.0. The number of fused-ring (bicyclic) bond motifs is 3. The Morgan fingerprint density at radius 1 is 0.943 bits per heavy atom. The van der Waals surface area contributed by atoms with Crippen molar-refractivity contribution < 1.29 is 17.9 Å². The van der Waals surface area contributed by atoms with E-state index in [0.717, 1.165) is 68.3 Å². The summed E-state index contributed by atoms with van der Waals surface area (Å²) in [5, 5.41) is 2.91. The van der Waals surface area contributed by atoms with Crippen LogP contribution < -0.4 is 10.1 Å². The molecule has 5 rings (SSSR count). The third-order valence-electron chi connectivity index (χ3n) is 6.98. The lowest BCUT2D eigenvalue weighted by Crippen LogP contribution is -2.32. The van der Waals surface area contributed by atoms with Crippen molar-refractivity contribution in [2.45, 2.75) is 62.8 Å². The highest BCUT2D eigenvalue weighted by atomic mass is 32.2. The van der Waals surface area contributed by atoms with Crippen molar-refractivity contribution in [1.82, 2.24) is 13.9 Å². The van der Waals surface area contributed by atoms with E-state index in [9.17, 15) is 13.2 Å². The zero-order valence-electron chi connectivity index (χ0n) is 20.1. The summed E-state index contributed by atoms with van der Waals surface area (Å²) >= 11 is 0. The van der Waals surface area contributed by atoms with Crippen LogP contribution in [0.5, 0.6) is 5.75 Å². The minimum Gasteiger partial charge on any atom is -0.495 e. The van der Waals surface area contributed by atoms with E-state index in [4.69, 9.17) is 9.72 Å². The van der Waals surface area contributed by atoms with Gasteiger partial charge in [0.15, 0.2) is 0 Å². The molecule has 2 aliphatic heterocycles. The van der Waals surface area contributed by atoms with Gasteiger partial charge in [-0.2, -0.15) is 4.31 Å². The van der Waals surface area contributed by atoms with E-state index in [1.54, 1.807) is 12.1 Å². The Bertz CT molecular complexity index is 1340. The number of rotatable bonds is 5. The number of imidazole rings is 1. The van der Waals surface area contributed by atoms with Crippen LogP contribution in [0.15, 0.2) is 41.3 Å². The summed E-state index contributed by atoms with van der Waals surface area (Å²) in [6, 6.07) is 10.3. The van der Waals surface area contributed by atoms with Crippen LogP contribution in [0.2, 0.25) is 0 Å². The third-order valence-corrected chi connectivity index (χ3v) is 8.90. The van der Waals surface area contributed by atoms with Crippen LogP contribution in [-0.2, 0) is 23.0 Å². The summed E-state index contributed by atoms with van der Waals surface area (Å²) in [6.45, 7) is 1.94. The first-order valence-electron chi connectivity index (χ1n) is 12.5. The van der Waals surface area contributed by atoms with E-state index in [1.807, 2.05) is 18.2 Å². The molecular formula is C26H32N4O4S. The molecule has 2 aliphatic rings. The van der Waals surface area contributed by atoms with Crippen molar-refractivity contribution in [3.8, 4) is 5.75 Å². The average Bonchev–Trinajstić information content (AvgIpc) is 3.08. The number of hydrogen-bond donors (Lipinski definition) is 1. The Morgan fingerprint density at radius 3 is 2.46 bits per heavy atom. The molecule has 1 amide bonds. The zero-order chi connectivity index (χ0) is 24.4. The number of methoxy groups -OCH3 is 1. The lowest BCUT2D eigenvalue weighted by molar-refractivity contribution is 0.102. The minimum atomic E-state index is -3.78. The first-order valence-corrected chi connectivity index (χ1v) is 13.9. The summed E-state index contributed by atoms with van der Waals surface area (Å²) in [7, 11) is -2.33. The number of anilines is 1. The molecule has 0 aliphatic carbocycles. The minimum absolute atomic E-state index is 0.0304. The molecule has 186 valence electrons. The molecule has 0 saturated carbocycles. The van der Waals surface area contributed by atoms with Crippen molar-refractivity contribution in [2.75, 3.05) is 25.5 Å². The van der Waals surface area contributed by atoms with E-state index in [2.05, 4.69) is 9.88 Å². The smallest absolute Gasteiger partial charge is 0.255 e. The maximum atomic E-state index is 13.4. The van der Waals surface area contributed by atoms with Crippen LogP contribution >= 0.6 is 0 Å². The molecule has 0 radical (unpaired) electrons. The van der Waals surface area contributed by atoms with E-state index >= 15 is 0 Å². The molecule has 1 saturated heterocycles. The average molecular weight is 497 g/mol. The van der Waals surface area contributed by atoms with Crippen LogP contribution in [0.25, 0.3) is 11.0 Å². The number of aryl methyl sites for hydroxylation is 2. The van der Waals surface area contributed by atoms with Gasteiger partial charge in [0.1, 0.15) is 16.5 Å². The van der Waals surface area contributed by atoms with Gasteiger partial charge in [-0.05, 0) is 62.1 Å². The second-order valence-corrected chi connectivity index (χ2v) is 11.2. The number of carbonyl (C=O) groups excluding carboxylic acids is 1. The molecule has 0 bridgehead atoms. The van der Waals surface area contributed by atoms with Gasteiger partial charge in [-0.15, -0.1) is 0 Å². The predicted molar refractivity (Wildman–Crippen MR) is 135 cm³/mol. The standard InChI is InChI=1S/C26H32N4O4S/c1-34-23-13-10-19(17-24(23)35(32,33)29-14-6-2-3-7-15-29)26(31)27-20-11-12-22-21(18-20)28-25-9-5-4-8-16-30(22)25/h10-13,17-18H,2-9,14-16H2,1H3,(H,27,31). The van der Waals surface area contributed by atoms with E-state index < -0.39 is 10.0 Å². The molecule has 3 heterocycles. The number of benzene rings is 2.